The van der Waals surface area contributed by atoms with Gasteiger partial charge in [-0.05, 0) is 48.0 Å². The monoisotopic (exact) mass is 391 g/mol. The van der Waals surface area contributed by atoms with Gasteiger partial charge >= 0.3 is 5.97 Å². The van der Waals surface area contributed by atoms with Gasteiger partial charge in [0.25, 0.3) is 0 Å². The Kier molecular flexibility index (Phi) is 5.33. The highest BCUT2D eigenvalue weighted by Crippen LogP contribution is 2.26. The zero-order chi connectivity index (χ0) is 20.2. The first-order chi connectivity index (χ1) is 14.2. The van der Waals surface area contributed by atoms with Crippen molar-refractivity contribution in [2.75, 3.05) is 0 Å². The lowest BCUT2D eigenvalue weighted by Crippen LogP contribution is -2.12. The Labute approximate surface area is 167 Å². The summed E-state index contributed by atoms with van der Waals surface area (Å²) in [5.74, 6) is 1.44. The molecule has 0 bridgehead atoms. The Bertz CT molecular complexity index is 1150. The maximum atomic E-state index is 12.9. The van der Waals surface area contributed by atoms with Gasteiger partial charge in [0, 0.05) is 11.9 Å². The van der Waals surface area contributed by atoms with Crippen molar-refractivity contribution in [2.45, 2.75) is 39.8 Å². The summed E-state index contributed by atoms with van der Waals surface area (Å²) in [5, 5.41) is 12.3. The van der Waals surface area contributed by atoms with Crippen LogP contribution in [0.25, 0.3) is 22.4 Å². The Morgan fingerprint density at radius 1 is 1.21 bits per heavy atom. The van der Waals surface area contributed by atoms with Crippen molar-refractivity contribution in [3.05, 3.63) is 59.6 Å². The standard InChI is InChI=1S/C21H21N5O3/c1-3-4-11-26-20(23-24-25-26)13-28-21(27)16-12-18(19-10-9-14(2)29-19)22-17-8-6-5-7-15(16)17/h5-10,12H,3-4,11,13H2,1-2H3. The molecular formula is C21H21N5O3. The van der Waals surface area contributed by atoms with Crippen LogP contribution in [0.1, 0.15) is 41.7 Å². The molecule has 0 saturated carbocycles. The number of hydrogen-bond acceptors (Lipinski definition) is 7. The number of nitrogens with zero attached hydrogens (tertiary/aromatic N) is 5. The van der Waals surface area contributed by atoms with E-state index in [-0.39, 0.29) is 6.61 Å². The van der Waals surface area contributed by atoms with Gasteiger partial charge in [-0.25, -0.2) is 14.5 Å². The summed E-state index contributed by atoms with van der Waals surface area (Å²) in [7, 11) is 0. The number of carbonyl (C=O) groups excluding carboxylic acids is 1. The van der Waals surface area contributed by atoms with Gasteiger partial charge in [-0.2, -0.15) is 0 Å². The normalized spacial score (nSPS) is 11.1. The molecule has 0 unspecified atom stereocenters. The zero-order valence-corrected chi connectivity index (χ0v) is 16.3. The molecule has 0 saturated heterocycles. The molecule has 8 nitrogen and oxygen atoms in total. The molecule has 8 heteroatoms. The van der Waals surface area contributed by atoms with E-state index in [9.17, 15) is 4.79 Å². The maximum Gasteiger partial charge on any atom is 0.339 e. The number of hydrogen-bond donors (Lipinski definition) is 0. The van der Waals surface area contributed by atoms with Crippen LogP contribution in [0.5, 0.6) is 0 Å². The van der Waals surface area contributed by atoms with Crippen LogP contribution >= 0.6 is 0 Å². The summed E-state index contributed by atoms with van der Waals surface area (Å²) in [6, 6.07) is 12.8. The number of rotatable bonds is 7. The number of furan rings is 1. The lowest BCUT2D eigenvalue weighted by molar-refractivity contribution is 0.0458. The van der Waals surface area contributed by atoms with Crippen molar-refractivity contribution >= 4 is 16.9 Å². The number of fused-ring (bicyclic) bond motifs is 1. The minimum Gasteiger partial charge on any atom is -0.460 e. The zero-order valence-electron chi connectivity index (χ0n) is 16.3. The summed E-state index contributed by atoms with van der Waals surface area (Å²) >= 11 is 0. The molecule has 0 amide bonds. The topological polar surface area (TPSA) is 95.9 Å². The van der Waals surface area contributed by atoms with Gasteiger partial charge in [0.2, 0.25) is 0 Å². The van der Waals surface area contributed by atoms with Crippen LogP contribution in [0.4, 0.5) is 0 Å². The van der Waals surface area contributed by atoms with E-state index in [1.54, 1.807) is 10.7 Å². The Balaban J connectivity index is 1.62. The molecule has 0 fully saturated rings. The van der Waals surface area contributed by atoms with E-state index in [1.165, 1.54) is 0 Å². The molecule has 4 rings (SSSR count). The predicted octanol–water partition coefficient (Wildman–Crippen LogP) is 3.95. The number of esters is 1. The third kappa shape index (κ3) is 4.01. The van der Waals surface area contributed by atoms with Gasteiger partial charge in [-0.15, -0.1) is 5.10 Å². The predicted molar refractivity (Wildman–Crippen MR) is 106 cm³/mol. The smallest absolute Gasteiger partial charge is 0.339 e. The number of carbonyl (C=O) groups is 1. The molecule has 0 atom stereocenters. The van der Waals surface area contributed by atoms with Gasteiger partial charge in [0.15, 0.2) is 18.2 Å². The van der Waals surface area contributed by atoms with Crippen LogP contribution in [0, 0.1) is 6.92 Å². The number of aryl methyl sites for hydroxylation is 2. The van der Waals surface area contributed by atoms with Gasteiger partial charge in [-0.1, -0.05) is 31.5 Å². The lowest BCUT2D eigenvalue weighted by Gasteiger charge is -2.09. The number of unbranched alkanes of at least 4 members (excludes halogenated alkanes) is 1. The van der Waals surface area contributed by atoms with E-state index in [1.807, 2.05) is 43.3 Å². The Morgan fingerprint density at radius 3 is 2.86 bits per heavy atom. The van der Waals surface area contributed by atoms with Crippen molar-refractivity contribution < 1.29 is 13.9 Å². The summed E-state index contributed by atoms with van der Waals surface area (Å²) in [6.07, 6.45) is 1.98. The first-order valence-corrected chi connectivity index (χ1v) is 9.54. The van der Waals surface area contributed by atoms with Crippen LogP contribution < -0.4 is 0 Å². The fourth-order valence-electron chi connectivity index (χ4n) is 3.06. The molecule has 0 aliphatic carbocycles. The molecule has 0 aliphatic rings. The van der Waals surface area contributed by atoms with Crippen molar-refractivity contribution in [3.63, 3.8) is 0 Å². The van der Waals surface area contributed by atoms with Gasteiger partial charge in [0.05, 0.1) is 11.1 Å². The second-order valence-electron chi connectivity index (χ2n) is 6.73. The highest BCUT2D eigenvalue weighted by Gasteiger charge is 2.18. The van der Waals surface area contributed by atoms with Gasteiger partial charge < -0.3 is 9.15 Å². The number of benzene rings is 1. The van der Waals surface area contributed by atoms with Crippen molar-refractivity contribution in [1.82, 2.24) is 25.2 Å². The molecule has 29 heavy (non-hydrogen) atoms. The van der Waals surface area contributed by atoms with Crippen LogP contribution in [0.3, 0.4) is 0 Å². The Hall–Kier alpha value is -3.55. The minimum atomic E-state index is -0.460. The van der Waals surface area contributed by atoms with Crippen LogP contribution in [-0.4, -0.2) is 31.2 Å². The van der Waals surface area contributed by atoms with Crippen molar-refractivity contribution in [1.29, 1.82) is 0 Å². The number of pyridine rings is 1. The first kappa shape index (κ1) is 18.8. The quantitative estimate of drug-likeness (QED) is 0.440. The molecule has 0 aliphatic heterocycles. The van der Waals surface area contributed by atoms with Crippen molar-refractivity contribution in [2.24, 2.45) is 0 Å². The molecule has 3 heterocycles. The summed E-state index contributed by atoms with van der Waals surface area (Å²) < 4.78 is 12.9. The first-order valence-electron chi connectivity index (χ1n) is 9.54. The molecule has 0 radical (unpaired) electrons. The molecule has 1 aromatic carbocycles. The third-order valence-electron chi connectivity index (χ3n) is 4.59. The Morgan fingerprint density at radius 2 is 2.07 bits per heavy atom. The van der Waals surface area contributed by atoms with E-state index in [2.05, 4.69) is 27.4 Å². The van der Waals surface area contributed by atoms with Crippen LogP contribution in [0.2, 0.25) is 0 Å². The average molecular weight is 391 g/mol. The average Bonchev–Trinajstić information content (AvgIpc) is 3.38. The molecular weight excluding hydrogens is 370 g/mol. The molecule has 0 spiro atoms. The van der Waals surface area contributed by atoms with E-state index < -0.39 is 5.97 Å². The van der Waals surface area contributed by atoms with Gasteiger partial charge in [0.1, 0.15) is 11.5 Å². The number of tetrazole rings is 1. The van der Waals surface area contributed by atoms with Crippen molar-refractivity contribution in [3.8, 4) is 11.5 Å². The summed E-state index contributed by atoms with van der Waals surface area (Å²) in [5.41, 5.74) is 1.70. The van der Waals surface area contributed by atoms with E-state index in [0.29, 0.717) is 34.9 Å². The molecule has 4 aromatic rings. The number of ether oxygens (including phenoxy) is 1. The fraction of sp³-hybridized carbons (Fsp3) is 0.286. The highest BCUT2D eigenvalue weighted by molar-refractivity contribution is 6.04. The molecule has 3 aromatic heterocycles. The largest absolute Gasteiger partial charge is 0.460 e. The molecule has 0 N–H and O–H groups in total. The van der Waals surface area contributed by atoms with Crippen LogP contribution in [-0.2, 0) is 17.9 Å². The number of aromatic nitrogens is 5. The third-order valence-corrected chi connectivity index (χ3v) is 4.59. The van der Waals surface area contributed by atoms with E-state index in [4.69, 9.17) is 9.15 Å². The van der Waals surface area contributed by atoms with Crippen LogP contribution in [0.15, 0.2) is 46.9 Å². The highest BCUT2D eigenvalue weighted by atomic mass is 16.5. The second-order valence-corrected chi connectivity index (χ2v) is 6.73. The minimum absolute atomic E-state index is 0.00138. The lowest BCUT2D eigenvalue weighted by atomic mass is 10.1. The summed E-state index contributed by atoms with van der Waals surface area (Å²) in [4.78, 5) is 17.5. The van der Waals surface area contributed by atoms with Gasteiger partial charge in [-0.3, -0.25) is 0 Å². The number of para-hydroxylation sites is 1. The fourth-order valence-corrected chi connectivity index (χ4v) is 3.06. The maximum absolute atomic E-state index is 12.9. The SMILES string of the molecule is CCCCn1nnnc1COC(=O)c1cc(-c2ccc(C)o2)nc2ccccc12. The van der Waals surface area contributed by atoms with E-state index >= 15 is 0 Å². The van der Waals surface area contributed by atoms with E-state index in [0.717, 1.165) is 24.0 Å². The second kappa shape index (κ2) is 8.22. The molecule has 148 valence electrons. The summed E-state index contributed by atoms with van der Waals surface area (Å²) in [6.45, 7) is 4.65.